The van der Waals surface area contributed by atoms with Gasteiger partial charge in [-0.3, -0.25) is 9.59 Å². The van der Waals surface area contributed by atoms with Crippen LogP contribution in [0.4, 0.5) is 5.69 Å². The lowest BCUT2D eigenvalue weighted by molar-refractivity contribution is -0.141. The van der Waals surface area contributed by atoms with E-state index in [1.54, 1.807) is 18.2 Å². The van der Waals surface area contributed by atoms with Crippen molar-refractivity contribution in [1.82, 2.24) is 10.2 Å². The number of carboxylic acids is 1. The molecule has 134 valence electrons. The minimum atomic E-state index is -1.06. The van der Waals surface area contributed by atoms with Crippen LogP contribution >= 0.6 is 11.6 Å². The molecule has 0 aliphatic heterocycles. The van der Waals surface area contributed by atoms with Crippen molar-refractivity contribution in [3.05, 3.63) is 23.2 Å². The summed E-state index contributed by atoms with van der Waals surface area (Å²) in [5.41, 5.74) is 0.409. The van der Waals surface area contributed by atoms with Gasteiger partial charge in [0.1, 0.15) is 11.8 Å². The molecule has 7 nitrogen and oxygen atoms in total. The lowest BCUT2D eigenvalue weighted by atomic mass is 10.2. The fraction of sp³-hybridized carbons (Fsp3) is 0.500. The Morgan fingerprint density at radius 1 is 1.38 bits per heavy atom. The first-order valence-corrected chi connectivity index (χ1v) is 7.95. The van der Waals surface area contributed by atoms with Crippen molar-refractivity contribution >= 4 is 29.2 Å². The summed E-state index contributed by atoms with van der Waals surface area (Å²) >= 11 is 5.91. The van der Waals surface area contributed by atoms with Gasteiger partial charge in [-0.25, -0.2) is 0 Å². The fourth-order valence-corrected chi connectivity index (χ4v) is 2.25. The van der Waals surface area contributed by atoms with Crippen LogP contribution < -0.4 is 15.4 Å². The maximum absolute atomic E-state index is 12.1. The standard InChI is InChI=1S/C16H24ClN3O4/c1-20(2)8-4-7-18-13(16(22)23)10-15(21)19-12-9-11(17)5-6-14(12)24-3/h5-6,9,13,18H,4,7-8,10H2,1-3H3,(H,19,21)(H,22,23)/t13-/m1/s1. The Labute approximate surface area is 146 Å². The van der Waals surface area contributed by atoms with Gasteiger partial charge in [0.25, 0.3) is 0 Å². The average molecular weight is 358 g/mol. The molecule has 0 radical (unpaired) electrons. The van der Waals surface area contributed by atoms with Crippen LogP contribution in [-0.2, 0) is 9.59 Å². The lowest BCUT2D eigenvalue weighted by Crippen LogP contribution is -2.40. The number of amides is 1. The number of rotatable bonds is 10. The summed E-state index contributed by atoms with van der Waals surface area (Å²) in [5.74, 6) is -1.03. The molecule has 1 rings (SSSR count). The molecule has 0 aliphatic rings. The molecule has 1 aromatic carbocycles. The number of benzene rings is 1. The third-order valence-electron chi connectivity index (χ3n) is 3.30. The van der Waals surface area contributed by atoms with Crippen molar-refractivity contribution in [1.29, 1.82) is 0 Å². The van der Waals surface area contributed by atoms with Crippen LogP contribution in [0.25, 0.3) is 0 Å². The molecule has 3 N–H and O–H groups in total. The third kappa shape index (κ3) is 7.16. The van der Waals surface area contributed by atoms with Gasteiger partial charge in [-0.05, 0) is 51.8 Å². The largest absolute Gasteiger partial charge is 0.495 e. The molecule has 1 atom stereocenters. The van der Waals surface area contributed by atoms with Crippen molar-refractivity contribution in [3.8, 4) is 5.75 Å². The molecule has 0 saturated heterocycles. The Balaban J connectivity index is 2.59. The van der Waals surface area contributed by atoms with Crippen LogP contribution in [-0.4, -0.2) is 62.2 Å². The predicted molar refractivity (Wildman–Crippen MR) is 93.8 cm³/mol. The van der Waals surface area contributed by atoms with E-state index in [9.17, 15) is 14.7 Å². The Morgan fingerprint density at radius 2 is 2.08 bits per heavy atom. The second-order valence-corrected chi connectivity index (χ2v) is 6.04. The molecule has 0 unspecified atom stereocenters. The van der Waals surface area contributed by atoms with Crippen LogP contribution in [0.5, 0.6) is 5.75 Å². The number of ether oxygens (including phenoxy) is 1. The predicted octanol–water partition coefficient (Wildman–Crippen LogP) is 1.67. The van der Waals surface area contributed by atoms with Crippen molar-refractivity contribution < 1.29 is 19.4 Å². The Morgan fingerprint density at radius 3 is 2.67 bits per heavy atom. The molecular weight excluding hydrogens is 334 g/mol. The van der Waals surface area contributed by atoms with Crippen molar-refractivity contribution in [2.45, 2.75) is 18.9 Å². The number of hydrogen-bond donors (Lipinski definition) is 3. The number of aliphatic carboxylic acids is 1. The monoisotopic (exact) mass is 357 g/mol. The second-order valence-electron chi connectivity index (χ2n) is 5.60. The SMILES string of the molecule is COc1ccc(Cl)cc1NC(=O)C[C@@H](NCCCN(C)C)C(=O)O. The van der Waals surface area contributed by atoms with Crippen LogP contribution in [0, 0.1) is 0 Å². The maximum Gasteiger partial charge on any atom is 0.321 e. The number of nitrogens with one attached hydrogen (secondary N) is 2. The first-order chi connectivity index (χ1) is 11.3. The topological polar surface area (TPSA) is 90.9 Å². The van der Waals surface area contributed by atoms with Gasteiger partial charge in [0.2, 0.25) is 5.91 Å². The van der Waals surface area contributed by atoms with E-state index in [1.165, 1.54) is 7.11 Å². The highest BCUT2D eigenvalue weighted by Gasteiger charge is 2.21. The molecule has 0 aromatic heterocycles. The van der Waals surface area contributed by atoms with Gasteiger partial charge in [-0.1, -0.05) is 11.6 Å². The summed E-state index contributed by atoms with van der Waals surface area (Å²) in [6.45, 7) is 1.36. The van der Waals surface area contributed by atoms with Gasteiger partial charge < -0.3 is 25.4 Å². The number of carboxylic acid groups (broad SMARTS) is 1. The number of methoxy groups -OCH3 is 1. The number of hydrogen-bond acceptors (Lipinski definition) is 5. The molecule has 0 aliphatic carbocycles. The van der Waals surface area contributed by atoms with E-state index in [2.05, 4.69) is 10.6 Å². The zero-order valence-corrected chi connectivity index (χ0v) is 14.9. The Bertz CT molecular complexity index is 566. The van der Waals surface area contributed by atoms with E-state index < -0.39 is 17.9 Å². The van der Waals surface area contributed by atoms with Gasteiger partial charge in [0.05, 0.1) is 19.2 Å². The zero-order chi connectivity index (χ0) is 18.1. The van der Waals surface area contributed by atoms with Crippen molar-refractivity contribution in [2.24, 2.45) is 0 Å². The molecule has 24 heavy (non-hydrogen) atoms. The molecular formula is C16H24ClN3O4. The minimum Gasteiger partial charge on any atom is -0.495 e. The quantitative estimate of drug-likeness (QED) is 0.552. The molecule has 8 heteroatoms. The second kappa shape index (κ2) is 10.1. The van der Waals surface area contributed by atoms with Crippen LogP contribution in [0.1, 0.15) is 12.8 Å². The normalized spacial score (nSPS) is 12.0. The summed E-state index contributed by atoms with van der Waals surface area (Å²) in [6, 6.07) is 3.88. The highest BCUT2D eigenvalue weighted by molar-refractivity contribution is 6.31. The van der Waals surface area contributed by atoms with E-state index >= 15 is 0 Å². The Kier molecular flexibility index (Phi) is 8.53. The summed E-state index contributed by atoms with van der Waals surface area (Å²) in [5, 5.41) is 15.2. The minimum absolute atomic E-state index is 0.188. The van der Waals surface area contributed by atoms with E-state index in [-0.39, 0.29) is 6.42 Å². The maximum atomic E-state index is 12.1. The van der Waals surface area contributed by atoms with E-state index in [0.29, 0.717) is 23.0 Å². The Hall–Kier alpha value is -1.83. The van der Waals surface area contributed by atoms with Gasteiger partial charge in [0, 0.05) is 5.02 Å². The van der Waals surface area contributed by atoms with Crippen LogP contribution in [0.2, 0.25) is 5.02 Å². The molecule has 1 amide bonds. The molecule has 0 heterocycles. The highest BCUT2D eigenvalue weighted by Crippen LogP contribution is 2.27. The third-order valence-corrected chi connectivity index (χ3v) is 3.53. The first kappa shape index (κ1) is 20.2. The fourth-order valence-electron chi connectivity index (χ4n) is 2.08. The molecule has 0 fully saturated rings. The molecule has 0 saturated carbocycles. The van der Waals surface area contributed by atoms with Gasteiger partial charge in [-0.15, -0.1) is 0 Å². The number of anilines is 1. The van der Waals surface area contributed by atoms with E-state index in [1.807, 2.05) is 19.0 Å². The molecule has 1 aromatic rings. The van der Waals surface area contributed by atoms with Crippen LogP contribution in [0.3, 0.4) is 0 Å². The van der Waals surface area contributed by atoms with Gasteiger partial charge >= 0.3 is 5.97 Å². The number of carbonyl (C=O) groups excluding carboxylic acids is 1. The average Bonchev–Trinajstić information content (AvgIpc) is 2.50. The number of nitrogens with zero attached hydrogens (tertiary/aromatic N) is 1. The first-order valence-electron chi connectivity index (χ1n) is 7.57. The highest BCUT2D eigenvalue weighted by atomic mass is 35.5. The summed E-state index contributed by atoms with van der Waals surface area (Å²) in [6.07, 6.45) is 0.605. The zero-order valence-electron chi connectivity index (χ0n) is 14.1. The number of carbonyl (C=O) groups is 2. The number of halogens is 1. The van der Waals surface area contributed by atoms with E-state index in [4.69, 9.17) is 16.3 Å². The summed E-state index contributed by atoms with van der Waals surface area (Å²) < 4.78 is 5.15. The van der Waals surface area contributed by atoms with Gasteiger partial charge in [-0.2, -0.15) is 0 Å². The van der Waals surface area contributed by atoms with Crippen molar-refractivity contribution in [3.63, 3.8) is 0 Å². The summed E-state index contributed by atoms with van der Waals surface area (Å²) in [4.78, 5) is 25.4. The van der Waals surface area contributed by atoms with Crippen molar-refractivity contribution in [2.75, 3.05) is 39.6 Å². The summed E-state index contributed by atoms with van der Waals surface area (Å²) in [7, 11) is 5.37. The van der Waals surface area contributed by atoms with Gasteiger partial charge in [0.15, 0.2) is 0 Å². The molecule has 0 bridgehead atoms. The van der Waals surface area contributed by atoms with E-state index in [0.717, 1.165) is 13.0 Å². The lowest BCUT2D eigenvalue weighted by Gasteiger charge is -2.16. The molecule has 0 spiro atoms. The smallest absolute Gasteiger partial charge is 0.321 e. The van der Waals surface area contributed by atoms with Crippen LogP contribution in [0.15, 0.2) is 18.2 Å².